The fourth-order valence-electron chi connectivity index (χ4n) is 2.20. The molecule has 0 fully saturated rings. The van der Waals surface area contributed by atoms with E-state index in [1.165, 1.54) is 0 Å². The molecule has 0 saturated carbocycles. The van der Waals surface area contributed by atoms with Crippen LogP contribution in [0.4, 0.5) is 5.95 Å². The van der Waals surface area contributed by atoms with Crippen LogP contribution in [-0.4, -0.2) is 27.2 Å². The van der Waals surface area contributed by atoms with Gasteiger partial charge in [-0.2, -0.15) is 0 Å². The summed E-state index contributed by atoms with van der Waals surface area (Å²) in [6, 6.07) is 0. The van der Waals surface area contributed by atoms with Crippen molar-refractivity contribution in [3.63, 3.8) is 0 Å². The molecule has 1 aromatic heterocycles. The molecule has 0 aromatic carbocycles. The molecule has 2 N–H and O–H groups in total. The first-order valence-corrected chi connectivity index (χ1v) is 6.73. The first kappa shape index (κ1) is 15.5. The summed E-state index contributed by atoms with van der Waals surface area (Å²) in [5.41, 5.74) is 0.124. The third-order valence-corrected chi connectivity index (χ3v) is 3.53. The molecule has 0 aliphatic carbocycles. The van der Waals surface area contributed by atoms with Crippen LogP contribution >= 0.6 is 0 Å². The number of carbonyl (C=O) groups is 1. The predicted octanol–water partition coefficient (Wildman–Crippen LogP) is 2.75. The van der Waals surface area contributed by atoms with Crippen molar-refractivity contribution < 1.29 is 9.90 Å². The molecule has 5 nitrogen and oxygen atoms in total. The van der Waals surface area contributed by atoms with Crippen LogP contribution in [0.5, 0.6) is 0 Å². The van der Waals surface area contributed by atoms with Gasteiger partial charge in [0.25, 0.3) is 0 Å². The minimum Gasteiger partial charge on any atom is -0.481 e. The summed E-state index contributed by atoms with van der Waals surface area (Å²) in [5.74, 6) is 0.522. The lowest BCUT2D eigenvalue weighted by atomic mass is 9.76. The van der Waals surface area contributed by atoms with Crippen LogP contribution in [0.2, 0.25) is 0 Å². The Bertz CT molecular complexity index is 407. The minimum absolute atomic E-state index is 0.124. The second kappa shape index (κ2) is 6.59. The van der Waals surface area contributed by atoms with Gasteiger partial charge in [-0.1, -0.05) is 20.8 Å². The summed E-state index contributed by atoms with van der Waals surface area (Å²) in [5, 5.41) is 12.1. The second-order valence-electron chi connectivity index (χ2n) is 6.07. The zero-order valence-corrected chi connectivity index (χ0v) is 12.3. The van der Waals surface area contributed by atoms with Gasteiger partial charge in [-0.05, 0) is 24.2 Å². The van der Waals surface area contributed by atoms with Crippen LogP contribution in [0.25, 0.3) is 0 Å². The molecule has 19 heavy (non-hydrogen) atoms. The highest BCUT2D eigenvalue weighted by atomic mass is 16.4. The molecule has 1 unspecified atom stereocenters. The normalized spacial score (nSPS) is 13.3. The van der Waals surface area contributed by atoms with Crippen LogP contribution in [0, 0.1) is 11.3 Å². The zero-order chi connectivity index (χ0) is 14.5. The Morgan fingerprint density at radius 1 is 1.47 bits per heavy atom. The van der Waals surface area contributed by atoms with Crippen LogP contribution in [0.3, 0.4) is 0 Å². The van der Waals surface area contributed by atoms with Gasteiger partial charge in [-0.15, -0.1) is 0 Å². The molecule has 0 aliphatic rings. The first-order chi connectivity index (χ1) is 8.80. The largest absolute Gasteiger partial charge is 0.481 e. The summed E-state index contributed by atoms with van der Waals surface area (Å²) >= 11 is 0. The predicted molar refractivity (Wildman–Crippen MR) is 76.1 cm³/mol. The first-order valence-electron chi connectivity index (χ1n) is 6.73. The summed E-state index contributed by atoms with van der Waals surface area (Å²) in [6.45, 7) is 7.31. The number of hydrogen-bond donors (Lipinski definition) is 2. The van der Waals surface area contributed by atoms with Crippen LogP contribution in [0.15, 0.2) is 12.4 Å². The summed E-state index contributed by atoms with van der Waals surface area (Å²) < 4.78 is 1.93. The van der Waals surface area contributed by atoms with Gasteiger partial charge in [0.15, 0.2) is 0 Å². The van der Waals surface area contributed by atoms with Crippen molar-refractivity contribution in [2.75, 3.05) is 11.9 Å². The molecule has 0 spiro atoms. The van der Waals surface area contributed by atoms with E-state index in [-0.39, 0.29) is 11.8 Å². The highest BCUT2D eigenvalue weighted by molar-refractivity contribution is 5.66. The fourth-order valence-corrected chi connectivity index (χ4v) is 2.20. The van der Waals surface area contributed by atoms with Gasteiger partial charge < -0.3 is 15.0 Å². The van der Waals surface area contributed by atoms with Crippen molar-refractivity contribution in [2.24, 2.45) is 18.4 Å². The maximum Gasteiger partial charge on any atom is 0.303 e. The third kappa shape index (κ3) is 5.32. The average Bonchev–Trinajstić information content (AvgIpc) is 2.67. The average molecular weight is 267 g/mol. The number of nitrogens with zero attached hydrogens (tertiary/aromatic N) is 2. The van der Waals surface area contributed by atoms with E-state index in [1.807, 2.05) is 17.8 Å². The van der Waals surface area contributed by atoms with Crippen LogP contribution < -0.4 is 5.32 Å². The van der Waals surface area contributed by atoms with Gasteiger partial charge >= 0.3 is 5.97 Å². The molecule has 5 heteroatoms. The number of carboxylic acid groups (broad SMARTS) is 1. The number of rotatable bonds is 7. The van der Waals surface area contributed by atoms with Crippen LogP contribution in [0.1, 0.15) is 40.0 Å². The maximum atomic E-state index is 10.7. The fraction of sp³-hybridized carbons (Fsp3) is 0.714. The van der Waals surface area contributed by atoms with E-state index in [9.17, 15) is 4.79 Å². The molecule has 0 saturated heterocycles. The van der Waals surface area contributed by atoms with E-state index in [4.69, 9.17) is 5.11 Å². The molecule has 0 aliphatic heterocycles. The molecule has 0 amide bonds. The number of nitrogens with one attached hydrogen (secondary N) is 1. The highest BCUT2D eigenvalue weighted by Crippen LogP contribution is 2.32. The van der Waals surface area contributed by atoms with Crippen molar-refractivity contribution in [3.8, 4) is 0 Å². The molecule has 1 aromatic rings. The lowest BCUT2D eigenvalue weighted by Crippen LogP contribution is -2.24. The number of aryl methyl sites for hydroxylation is 1. The number of aliphatic carboxylic acids is 1. The SMILES string of the molecule is Cn1ccnc1NCCC(CCC(=O)O)C(C)(C)C. The third-order valence-electron chi connectivity index (χ3n) is 3.53. The number of carboxylic acids is 1. The molecule has 1 heterocycles. The Morgan fingerprint density at radius 2 is 2.16 bits per heavy atom. The van der Waals surface area contributed by atoms with Crippen molar-refractivity contribution in [2.45, 2.75) is 40.0 Å². The van der Waals surface area contributed by atoms with E-state index in [2.05, 4.69) is 31.1 Å². The lowest BCUT2D eigenvalue weighted by Gasteiger charge is -2.30. The molecule has 1 atom stereocenters. The summed E-state index contributed by atoms with van der Waals surface area (Å²) in [7, 11) is 1.95. The van der Waals surface area contributed by atoms with Crippen LogP contribution in [-0.2, 0) is 11.8 Å². The van der Waals surface area contributed by atoms with E-state index in [0.29, 0.717) is 5.92 Å². The molecule has 0 bridgehead atoms. The number of aromatic nitrogens is 2. The van der Waals surface area contributed by atoms with Gasteiger partial charge in [-0.3, -0.25) is 4.79 Å². The zero-order valence-electron chi connectivity index (χ0n) is 12.3. The van der Waals surface area contributed by atoms with E-state index < -0.39 is 5.97 Å². The number of imidazole rings is 1. The molecule has 1 rings (SSSR count). The Hall–Kier alpha value is -1.52. The lowest BCUT2D eigenvalue weighted by molar-refractivity contribution is -0.137. The van der Waals surface area contributed by atoms with Gasteiger partial charge in [0.2, 0.25) is 5.95 Å². The topological polar surface area (TPSA) is 67.2 Å². The maximum absolute atomic E-state index is 10.7. The highest BCUT2D eigenvalue weighted by Gasteiger charge is 2.24. The van der Waals surface area contributed by atoms with Gasteiger partial charge in [-0.25, -0.2) is 4.98 Å². The van der Waals surface area contributed by atoms with Crippen molar-refractivity contribution in [1.29, 1.82) is 0 Å². The van der Waals surface area contributed by atoms with Crippen molar-refractivity contribution >= 4 is 11.9 Å². The van der Waals surface area contributed by atoms with Gasteiger partial charge in [0.05, 0.1) is 0 Å². The monoisotopic (exact) mass is 267 g/mol. The van der Waals surface area contributed by atoms with Crippen molar-refractivity contribution in [3.05, 3.63) is 12.4 Å². The minimum atomic E-state index is -0.716. The molecule has 108 valence electrons. The number of hydrogen-bond acceptors (Lipinski definition) is 3. The Labute approximate surface area is 115 Å². The smallest absolute Gasteiger partial charge is 0.303 e. The van der Waals surface area contributed by atoms with E-state index >= 15 is 0 Å². The number of anilines is 1. The quantitative estimate of drug-likeness (QED) is 0.797. The molecular weight excluding hydrogens is 242 g/mol. The standard InChI is InChI=1S/C14H25N3O2/c1-14(2,3)11(5-6-12(18)19)7-8-15-13-16-9-10-17(13)4/h9-11H,5-8H2,1-4H3,(H,15,16)(H,18,19). The Kier molecular flexibility index (Phi) is 5.39. The summed E-state index contributed by atoms with van der Waals surface area (Å²) in [4.78, 5) is 14.9. The van der Waals surface area contributed by atoms with E-state index in [1.54, 1.807) is 6.20 Å². The summed E-state index contributed by atoms with van der Waals surface area (Å²) in [6.07, 6.45) is 5.57. The van der Waals surface area contributed by atoms with Gasteiger partial charge in [0, 0.05) is 32.4 Å². The molecule has 0 radical (unpaired) electrons. The van der Waals surface area contributed by atoms with E-state index in [0.717, 1.165) is 25.3 Å². The van der Waals surface area contributed by atoms with Gasteiger partial charge in [0.1, 0.15) is 0 Å². The molecular formula is C14H25N3O2. The second-order valence-corrected chi connectivity index (χ2v) is 6.07. The Balaban J connectivity index is 2.45. The Morgan fingerprint density at radius 3 is 2.63 bits per heavy atom. The van der Waals surface area contributed by atoms with Crippen molar-refractivity contribution in [1.82, 2.24) is 9.55 Å².